The van der Waals surface area contributed by atoms with Gasteiger partial charge in [0.2, 0.25) is 5.91 Å². The van der Waals surface area contributed by atoms with Crippen LogP contribution in [0.2, 0.25) is 0 Å². The number of nitrogens with one attached hydrogen (secondary N) is 1. The van der Waals surface area contributed by atoms with Crippen LogP contribution in [0.1, 0.15) is 0 Å². The van der Waals surface area contributed by atoms with Crippen LogP contribution in [0.15, 0.2) is 77.3 Å². The Morgan fingerprint density at radius 3 is 2.48 bits per heavy atom. The molecule has 9 heteroatoms. The molecule has 1 fully saturated rings. The van der Waals surface area contributed by atoms with Gasteiger partial charge in [0.05, 0.1) is 23.8 Å². The Labute approximate surface area is 200 Å². The summed E-state index contributed by atoms with van der Waals surface area (Å²) in [6.07, 6.45) is 0. The summed E-state index contributed by atoms with van der Waals surface area (Å²) in [5.41, 5.74) is 2.89. The Balaban J connectivity index is 1.26. The van der Waals surface area contributed by atoms with E-state index in [0.29, 0.717) is 5.16 Å². The first kappa shape index (κ1) is 21.7. The van der Waals surface area contributed by atoms with E-state index in [-0.39, 0.29) is 11.7 Å². The van der Waals surface area contributed by atoms with E-state index in [4.69, 9.17) is 4.74 Å². The number of hydrogen-bond donors (Lipinski definition) is 1. The van der Waals surface area contributed by atoms with Crippen molar-refractivity contribution in [3.8, 4) is 16.4 Å². The van der Waals surface area contributed by atoms with Gasteiger partial charge in [0.15, 0.2) is 11.0 Å². The van der Waals surface area contributed by atoms with Crippen molar-refractivity contribution in [3.63, 3.8) is 0 Å². The minimum absolute atomic E-state index is 0.0839. The van der Waals surface area contributed by atoms with Crippen LogP contribution in [0.25, 0.3) is 16.4 Å². The first-order valence-corrected chi connectivity index (χ1v) is 12.5. The van der Waals surface area contributed by atoms with Gasteiger partial charge in [-0.15, -0.1) is 21.5 Å². The SMILES string of the molecule is O=C(CSc1nnc(-c2cccs2)n1-c1ccccc1)Nc1ccc(N2CCOCC2)cc1. The highest BCUT2D eigenvalue weighted by atomic mass is 32.2. The number of carbonyl (C=O) groups excluding carboxylic acids is 1. The number of morpholine rings is 1. The average Bonchev–Trinajstić information content (AvgIpc) is 3.54. The molecule has 1 aliphatic rings. The first-order valence-electron chi connectivity index (χ1n) is 10.7. The van der Waals surface area contributed by atoms with Crippen LogP contribution in [0.4, 0.5) is 11.4 Å². The topological polar surface area (TPSA) is 72.3 Å². The molecule has 1 N–H and O–H groups in total. The number of thiophene rings is 1. The molecular weight excluding hydrogens is 454 g/mol. The van der Waals surface area contributed by atoms with E-state index in [1.54, 1.807) is 11.3 Å². The third-order valence-electron chi connectivity index (χ3n) is 5.25. The van der Waals surface area contributed by atoms with Crippen molar-refractivity contribution in [1.29, 1.82) is 0 Å². The van der Waals surface area contributed by atoms with Gasteiger partial charge in [-0.05, 0) is 47.8 Å². The van der Waals surface area contributed by atoms with E-state index in [1.165, 1.54) is 11.8 Å². The van der Waals surface area contributed by atoms with Crippen molar-refractivity contribution in [2.45, 2.75) is 5.16 Å². The van der Waals surface area contributed by atoms with E-state index in [1.807, 2.05) is 76.7 Å². The molecule has 168 valence electrons. The van der Waals surface area contributed by atoms with Gasteiger partial charge in [0.25, 0.3) is 0 Å². The summed E-state index contributed by atoms with van der Waals surface area (Å²) in [5.74, 6) is 0.929. The molecule has 2 aromatic heterocycles. The third kappa shape index (κ3) is 5.11. The molecule has 0 spiro atoms. The summed E-state index contributed by atoms with van der Waals surface area (Å²) in [4.78, 5) is 16.0. The maximum Gasteiger partial charge on any atom is 0.234 e. The van der Waals surface area contributed by atoms with Gasteiger partial charge in [0, 0.05) is 30.2 Å². The highest BCUT2D eigenvalue weighted by molar-refractivity contribution is 7.99. The third-order valence-corrected chi connectivity index (χ3v) is 7.04. The summed E-state index contributed by atoms with van der Waals surface area (Å²) in [7, 11) is 0. The normalized spacial score (nSPS) is 13.8. The predicted octanol–water partition coefficient (Wildman–Crippen LogP) is 4.56. The van der Waals surface area contributed by atoms with Gasteiger partial charge < -0.3 is 15.0 Å². The molecule has 0 atom stereocenters. The quantitative estimate of drug-likeness (QED) is 0.394. The number of thioether (sulfide) groups is 1. The van der Waals surface area contributed by atoms with Gasteiger partial charge in [-0.1, -0.05) is 36.0 Å². The number of aromatic nitrogens is 3. The second-order valence-corrected chi connectivity index (χ2v) is 9.33. The predicted molar refractivity (Wildman–Crippen MR) is 133 cm³/mol. The monoisotopic (exact) mass is 477 g/mol. The summed E-state index contributed by atoms with van der Waals surface area (Å²) in [6, 6.07) is 21.9. The van der Waals surface area contributed by atoms with E-state index in [2.05, 4.69) is 20.4 Å². The number of ether oxygens (including phenoxy) is 1. The van der Waals surface area contributed by atoms with E-state index < -0.39 is 0 Å². The molecule has 1 aliphatic heterocycles. The smallest absolute Gasteiger partial charge is 0.234 e. The minimum atomic E-state index is -0.0839. The lowest BCUT2D eigenvalue weighted by Gasteiger charge is -2.28. The molecule has 1 amide bonds. The number of anilines is 2. The molecule has 5 rings (SSSR count). The second kappa shape index (κ2) is 10.2. The Bertz CT molecular complexity index is 1190. The Morgan fingerprint density at radius 2 is 1.76 bits per heavy atom. The van der Waals surface area contributed by atoms with Gasteiger partial charge >= 0.3 is 0 Å². The van der Waals surface area contributed by atoms with Crippen molar-refractivity contribution < 1.29 is 9.53 Å². The van der Waals surface area contributed by atoms with Crippen LogP contribution in [0.3, 0.4) is 0 Å². The van der Waals surface area contributed by atoms with E-state index in [0.717, 1.165) is 54.1 Å². The molecule has 0 unspecified atom stereocenters. The second-order valence-electron chi connectivity index (χ2n) is 7.44. The molecule has 3 heterocycles. The Morgan fingerprint density at radius 1 is 0.970 bits per heavy atom. The van der Waals surface area contributed by atoms with Crippen molar-refractivity contribution in [2.75, 3.05) is 42.3 Å². The lowest BCUT2D eigenvalue weighted by molar-refractivity contribution is -0.113. The molecule has 2 aromatic carbocycles. The summed E-state index contributed by atoms with van der Waals surface area (Å²) >= 11 is 2.99. The molecule has 4 aromatic rings. The van der Waals surface area contributed by atoms with Gasteiger partial charge in [-0.25, -0.2) is 0 Å². The van der Waals surface area contributed by atoms with Crippen LogP contribution >= 0.6 is 23.1 Å². The van der Waals surface area contributed by atoms with E-state index in [9.17, 15) is 4.79 Å². The lowest BCUT2D eigenvalue weighted by Crippen LogP contribution is -2.36. The summed E-state index contributed by atoms with van der Waals surface area (Å²) in [6.45, 7) is 3.27. The first-order chi connectivity index (χ1) is 16.3. The molecule has 1 saturated heterocycles. The highest BCUT2D eigenvalue weighted by Crippen LogP contribution is 2.30. The molecule has 0 aliphatic carbocycles. The highest BCUT2D eigenvalue weighted by Gasteiger charge is 2.18. The zero-order chi connectivity index (χ0) is 22.5. The molecule has 0 radical (unpaired) electrons. The average molecular weight is 478 g/mol. The van der Waals surface area contributed by atoms with Gasteiger partial charge in [0.1, 0.15) is 0 Å². The number of carbonyl (C=O) groups is 1. The van der Waals surface area contributed by atoms with E-state index >= 15 is 0 Å². The number of nitrogens with zero attached hydrogens (tertiary/aromatic N) is 4. The molecule has 33 heavy (non-hydrogen) atoms. The van der Waals surface area contributed by atoms with Gasteiger partial charge in [-0.3, -0.25) is 9.36 Å². The lowest BCUT2D eigenvalue weighted by atomic mass is 10.2. The van der Waals surface area contributed by atoms with Crippen LogP contribution in [0, 0.1) is 0 Å². The maximum absolute atomic E-state index is 12.6. The fourth-order valence-corrected chi connectivity index (χ4v) is 5.09. The van der Waals surface area contributed by atoms with Crippen molar-refractivity contribution >= 4 is 40.4 Å². The Hall–Kier alpha value is -3.14. The number of para-hydroxylation sites is 1. The minimum Gasteiger partial charge on any atom is -0.378 e. The maximum atomic E-state index is 12.6. The van der Waals surface area contributed by atoms with Gasteiger partial charge in [-0.2, -0.15) is 0 Å². The number of amides is 1. The summed E-state index contributed by atoms with van der Waals surface area (Å²) in [5, 5.41) is 14.5. The van der Waals surface area contributed by atoms with Crippen LogP contribution in [0.5, 0.6) is 0 Å². The zero-order valence-electron chi connectivity index (χ0n) is 17.9. The van der Waals surface area contributed by atoms with Crippen molar-refractivity contribution in [1.82, 2.24) is 14.8 Å². The fraction of sp³-hybridized carbons (Fsp3) is 0.208. The van der Waals surface area contributed by atoms with Crippen molar-refractivity contribution in [3.05, 3.63) is 72.1 Å². The van der Waals surface area contributed by atoms with Crippen LogP contribution in [-0.2, 0) is 9.53 Å². The van der Waals surface area contributed by atoms with Crippen LogP contribution < -0.4 is 10.2 Å². The molecule has 7 nitrogen and oxygen atoms in total. The molecular formula is C24H23N5O2S2. The van der Waals surface area contributed by atoms with Crippen molar-refractivity contribution in [2.24, 2.45) is 0 Å². The number of rotatable bonds is 7. The number of hydrogen-bond acceptors (Lipinski definition) is 7. The zero-order valence-corrected chi connectivity index (χ0v) is 19.5. The van der Waals surface area contributed by atoms with Crippen LogP contribution in [-0.4, -0.2) is 52.7 Å². The Kier molecular flexibility index (Phi) is 6.71. The molecule has 0 saturated carbocycles. The standard InChI is InChI=1S/C24H23N5O2S2/c30-22(25-18-8-10-19(11-9-18)28-12-14-31-15-13-28)17-33-24-27-26-23(21-7-4-16-32-21)29(24)20-5-2-1-3-6-20/h1-11,16H,12-15,17H2,(H,25,30). The fourth-order valence-electron chi connectivity index (χ4n) is 3.64. The largest absolute Gasteiger partial charge is 0.378 e. The number of benzene rings is 2. The summed E-state index contributed by atoms with van der Waals surface area (Å²) < 4.78 is 7.41. The molecule has 0 bridgehead atoms.